The summed E-state index contributed by atoms with van der Waals surface area (Å²) in [6.07, 6.45) is -1.08. The van der Waals surface area contributed by atoms with Gasteiger partial charge in [-0.05, 0) is 5.92 Å². The maximum atomic E-state index is 10.8. The van der Waals surface area contributed by atoms with Crippen LogP contribution in [0.2, 0.25) is 0 Å². The van der Waals surface area contributed by atoms with E-state index >= 15 is 0 Å². The number of amides is 2. The zero-order chi connectivity index (χ0) is 10.4. The van der Waals surface area contributed by atoms with Crippen molar-refractivity contribution in [2.75, 3.05) is 0 Å². The molecule has 0 saturated heterocycles. The van der Waals surface area contributed by atoms with Crippen LogP contribution in [-0.2, 0) is 4.79 Å². The van der Waals surface area contributed by atoms with Crippen molar-refractivity contribution in [3.8, 4) is 0 Å². The zero-order valence-corrected chi connectivity index (χ0v) is 7.70. The van der Waals surface area contributed by atoms with Crippen LogP contribution in [0.15, 0.2) is 0 Å². The highest BCUT2D eigenvalue weighted by Gasteiger charge is 2.18. The lowest BCUT2D eigenvalue weighted by Crippen LogP contribution is -2.43. The van der Waals surface area contributed by atoms with Crippen LogP contribution in [0.5, 0.6) is 0 Å². The molecule has 6 nitrogen and oxygen atoms in total. The Morgan fingerprint density at radius 2 is 2.00 bits per heavy atom. The number of rotatable bonds is 4. The van der Waals surface area contributed by atoms with E-state index in [-0.39, 0.29) is 18.2 Å². The summed E-state index contributed by atoms with van der Waals surface area (Å²) >= 11 is 0. The molecule has 0 aliphatic rings. The molecule has 0 bridgehead atoms. The molecule has 5 N–H and O–H groups in total. The molecule has 0 spiro atoms. The minimum atomic E-state index is -1.14. The predicted molar refractivity (Wildman–Crippen MR) is 46.7 cm³/mol. The average molecular weight is 189 g/mol. The number of nitrogens with two attached hydrogens (primary N) is 1. The van der Waals surface area contributed by atoms with Gasteiger partial charge in [-0.25, -0.2) is 10.6 Å². The standard InChI is InChI=1S/C7H15N3O3/c1-4(2)5(9-7(12)13)3-6(11)10-8/h4-5,9H,3,8H2,1-2H3,(H,10,11)(H,12,13). The highest BCUT2D eigenvalue weighted by Crippen LogP contribution is 2.05. The molecule has 0 saturated carbocycles. The summed E-state index contributed by atoms with van der Waals surface area (Å²) in [5, 5.41) is 10.7. The molecule has 2 amide bonds. The molecule has 1 atom stereocenters. The third-order valence-electron chi connectivity index (χ3n) is 1.68. The molecule has 6 heteroatoms. The molecule has 0 aromatic carbocycles. The van der Waals surface area contributed by atoms with Gasteiger partial charge in [0.15, 0.2) is 0 Å². The lowest BCUT2D eigenvalue weighted by molar-refractivity contribution is -0.121. The second-order valence-corrected chi connectivity index (χ2v) is 3.07. The predicted octanol–water partition coefficient (Wildman–Crippen LogP) is -0.341. The van der Waals surface area contributed by atoms with Gasteiger partial charge in [-0.2, -0.15) is 0 Å². The van der Waals surface area contributed by atoms with E-state index in [4.69, 9.17) is 10.9 Å². The van der Waals surface area contributed by atoms with Crippen LogP contribution in [0.4, 0.5) is 4.79 Å². The van der Waals surface area contributed by atoms with Crippen LogP contribution in [0.25, 0.3) is 0 Å². The molecule has 76 valence electrons. The van der Waals surface area contributed by atoms with Crippen molar-refractivity contribution in [3.63, 3.8) is 0 Å². The van der Waals surface area contributed by atoms with E-state index in [9.17, 15) is 9.59 Å². The van der Waals surface area contributed by atoms with E-state index in [0.717, 1.165) is 0 Å². The molecule has 13 heavy (non-hydrogen) atoms. The number of hydrazine groups is 1. The van der Waals surface area contributed by atoms with Crippen LogP contribution in [-0.4, -0.2) is 23.1 Å². The van der Waals surface area contributed by atoms with Gasteiger partial charge >= 0.3 is 6.09 Å². The monoisotopic (exact) mass is 189 g/mol. The van der Waals surface area contributed by atoms with Crippen molar-refractivity contribution >= 4 is 12.0 Å². The van der Waals surface area contributed by atoms with Crippen molar-refractivity contribution in [2.24, 2.45) is 11.8 Å². The summed E-state index contributed by atoms with van der Waals surface area (Å²) in [6.45, 7) is 3.65. The normalized spacial score (nSPS) is 12.3. The molecule has 0 radical (unpaired) electrons. The van der Waals surface area contributed by atoms with E-state index in [1.165, 1.54) is 0 Å². The van der Waals surface area contributed by atoms with Gasteiger partial charge < -0.3 is 10.4 Å². The summed E-state index contributed by atoms with van der Waals surface area (Å²) in [7, 11) is 0. The number of hydrogen-bond donors (Lipinski definition) is 4. The maximum absolute atomic E-state index is 10.8. The molecule has 0 aromatic rings. The first-order valence-corrected chi connectivity index (χ1v) is 3.96. The van der Waals surface area contributed by atoms with E-state index < -0.39 is 12.1 Å². The Labute approximate surface area is 76.5 Å². The summed E-state index contributed by atoms with van der Waals surface area (Å²) < 4.78 is 0. The smallest absolute Gasteiger partial charge is 0.404 e. The molecule has 0 rings (SSSR count). The molecular weight excluding hydrogens is 174 g/mol. The molecule has 0 aromatic heterocycles. The third kappa shape index (κ3) is 5.02. The van der Waals surface area contributed by atoms with Crippen molar-refractivity contribution in [3.05, 3.63) is 0 Å². The lowest BCUT2D eigenvalue weighted by Gasteiger charge is -2.19. The fourth-order valence-electron chi connectivity index (χ4n) is 0.871. The Morgan fingerprint density at radius 1 is 1.46 bits per heavy atom. The van der Waals surface area contributed by atoms with Crippen LogP contribution in [0.3, 0.4) is 0 Å². The van der Waals surface area contributed by atoms with Crippen LogP contribution >= 0.6 is 0 Å². The summed E-state index contributed by atoms with van der Waals surface area (Å²) in [4.78, 5) is 21.1. The van der Waals surface area contributed by atoms with E-state index in [0.29, 0.717) is 0 Å². The molecule has 1 unspecified atom stereocenters. The first kappa shape index (κ1) is 11.7. The van der Waals surface area contributed by atoms with E-state index in [2.05, 4.69) is 5.32 Å². The largest absolute Gasteiger partial charge is 0.465 e. The van der Waals surface area contributed by atoms with Crippen LogP contribution in [0.1, 0.15) is 20.3 Å². The minimum Gasteiger partial charge on any atom is -0.465 e. The Balaban J connectivity index is 4.09. The van der Waals surface area contributed by atoms with Gasteiger partial charge in [0.2, 0.25) is 5.91 Å². The zero-order valence-electron chi connectivity index (χ0n) is 7.70. The van der Waals surface area contributed by atoms with Gasteiger partial charge in [0, 0.05) is 12.5 Å². The van der Waals surface area contributed by atoms with Gasteiger partial charge in [-0.3, -0.25) is 10.2 Å². The molecule has 0 heterocycles. The van der Waals surface area contributed by atoms with Gasteiger partial charge in [0.05, 0.1) is 0 Å². The molecule has 0 fully saturated rings. The number of nitrogens with one attached hydrogen (secondary N) is 2. The number of hydrogen-bond acceptors (Lipinski definition) is 3. The Morgan fingerprint density at radius 3 is 2.31 bits per heavy atom. The van der Waals surface area contributed by atoms with Crippen molar-refractivity contribution in [1.29, 1.82) is 0 Å². The SMILES string of the molecule is CC(C)C(CC(=O)NN)NC(=O)O. The second-order valence-electron chi connectivity index (χ2n) is 3.07. The van der Waals surface area contributed by atoms with E-state index in [1.54, 1.807) is 0 Å². The average Bonchev–Trinajstić information content (AvgIpc) is 2.02. The van der Waals surface area contributed by atoms with Crippen LogP contribution in [0, 0.1) is 5.92 Å². The number of carboxylic acid groups (broad SMARTS) is 1. The highest BCUT2D eigenvalue weighted by atomic mass is 16.4. The fraction of sp³-hybridized carbons (Fsp3) is 0.714. The molecule has 0 aliphatic carbocycles. The minimum absolute atomic E-state index is 0.0494. The first-order valence-electron chi connectivity index (χ1n) is 3.96. The van der Waals surface area contributed by atoms with Gasteiger partial charge in [0.25, 0.3) is 0 Å². The van der Waals surface area contributed by atoms with Gasteiger partial charge in [-0.1, -0.05) is 13.8 Å². The van der Waals surface area contributed by atoms with Crippen LogP contribution < -0.4 is 16.6 Å². The first-order chi connectivity index (χ1) is 5.97. The van der Waals surface area contributed by atoms with Crippen molar-refractivity contribution in [2.45, 2.75) is 26.3 Å². The number of carbonyl (C=O) groups excluding carboxylic acids is 1. The van der Waals surface area contributed by atoms with E-state index in [1.807, 2.05) is 19.3 Å². The summed E-state index contributed by atoms with van der Waals surface area (Å²) in [5.74, 6) is 4.54. The summed E-state index contributed by atoms with van der Waals surface area (Å²) in [5.41, 5.74) is 1.95. The molecule has 0 aliphatic heterocycles. The van der Waals surface area contributed by atoms with Gasteiger partial charge in [-0.15, -0.1) is 0 Å². The summed E-state index contributed by atoms with van der Waals surface area (Å²) in [6, 6.07) is -0.402. The lowest BCUT2D eigenvalue weighted by atomic mass is 10.0. The maximum Gasteiger partial charge on any atom is 0.404 e. The van der Waals surface area contributed by atoms with Crippen molar-refractivity contribution in [1.82, 2.24) is 10.7 Å². The Kier molecular flexibility index (Phi) is 4.83. The quantitative estimate of drug-likeness (QED) is 0.276. The van der Waals surface area contributed by atoms with Crippen molar-refractivity contribution < 1.29 is 14.7 Å². The second kappa shape index (κ2) is 5.36. The third-order valence-corrected chi connectivity index (χ3v) is 1.68. The Bertz CT molecular complexity index is 193. The fourth-order valence-corrected chi connectivity index (χ4v) is 0.871. The topological polar surface area (TPSA) is 104 Å². The highest BCUT2D eigenvalue weighted by molar-refractivity contribution is 5.76. The van der Waals surface area contributed by atoms with Gasteiger partial charge in [0.1, 0.15) is 0 Å². The molecular formula is C7H15N3O3. The Hall–Kier alpha value is -1.30. The number of carbonyl (C=O) groups is 2.